The van der Waals surface area contributed by atoms with Gasteiger partial charge in [-0.3, -0.25) is 4.79 Å². The Hall–Kier alpha value is -1.75. The van der Waals surface area contributed by atoms with Crippen LogP contribution in [-0.4, -0.2) is 40.4 Å². The first kappa shape index (κ1) is 20.2. The smallest absolute Gasteiger partial charge is 0.207 e. The summed E-state index contributed by atoms with van der Waals surface area (Å²) in [6.45, 7) is 6.12. The molecule has 5 nitrogen and oxygen atoms in total. The van der Waals surface area contributed by atoms with Gasteiger partial charge in [0.1, 0.15) is 0 Å². The van der Waals surface area contributed by atoms with Crippen LogP contribution >= 0.6 is 0 Å². The molecule has 1 aromatic carbocycles. The van der Waals surface area contributed by atoms with E-state index >= 15 is 0 Å². The Kier molecular flexibility index (Phi) is 13.1. The zero-order valence-electron chi connectivity index (χ0n) is 14.2. The van der Waals surface area contributed by atoms with Crippen molar-refractivity contribution in [1.82, 2.24) is 5.32 Å². The minimum atomic E-state index is 0.584. The van der Waals surface area contributed by atoms with Crippen molar-refractivity contribution in [3.05, 3.63) is 23.8 Å². The lowest BCUT2D eigenvalue weighted by Gasteiger charge is -2.12. The zero-order valence-corrected chi connectivity index (χ0v) is 14.2. The van der Waals surface area contributed by atoms with Crippen molar-refractivity contribution >= 4 is 6.41 Å². The predicted octanol–water partition coefficient (Wildman–Crippen LogP) is 2.82. The topological polar surface area (TPSA) is 56.8 Å². The summed E-state index contributed by atoms with van der Waals surface area (Å²) in [6, 6.07) is 5.79. The van der Waals surface area contributed by atoms with Crippen molar-refractivity contribution in [3.8, 4) is 11.5 Å². The van der Waals surface area contributed by atoms with Crippen LogP contribution in [0.1, 0.15) is 32.3 Å². The van der Waals surface area contributed by atoms with Crippen LogP contribution in [-0.2, 0) is 16.0 Å². The normalized spacial score (nSPS) is 9.45. The van der Waals surface area contributed by atoms with E-state index in [2.05, 4.69) is 19.2 Å². The lowest BCUT2D eigenvalue weighted by Crippen LogP contribution is -2.14. The first-order valence-corrected chi connectivity index (χ1v) is 7.69. The van der Waals surface area contributed by atoms with Gasteiger partial charge in [0.25, 0.3) is 0 Å². The second-order valence-corrected chi connectivity index (χ2v) is 4.71. The molecule has 5 heteroatoms. The highest BCUT2D eigenvalue weighted by Gasteiger charge is 2.05. The molecule has 0 atom stereocenters. The van der Waals surface area contributed by atoms with Gasteiger partial charge >= 0.3 is 0 Å². The van der Waals surface area contributed by atoms with E-state index in [1.165, 1.54) is 6.42 Å². The maximum absolute atomic E-state index is 10.2. The van der Waals surface area contributed by atoms with Crippen molar-refractivity contribution in [2.75, 3.05) is 34.0 Å². The monoisotopic (exact) mass is 311 g/mol. The van der Waals surface area contributed by atoms with E-state index in [1.807, 2.05) is 18.2 Å². The summed E-state index contributed by atoms with van der Waals surface area (Å²) >= 11 is 0. The van der Waals surface area contributed by atoms with Crippen molar-refractivity contribution < 1.29 is 19.0 Å². The fourth-order valence-electron chi connectivity index (χ4n) is 1.65. The molecule has 0 aromatic heterocycles. The van der Waals surface area contributed by atoms with Crippen molar-refractivity contribution in [2.45, 2.75) is 33.1 Å². The number of ether oxygens (including phenoxy) is 3. The molecular weight excluding hydrogens is 282 g/mol. The molecular formula is C17H29NO4. The van der Waals surface area contributed by atoms with Crippen LogP contribution < -0.4 is 14.8 Å². The van der Waals surface area contributed by atoms with Gasteiger partial charge < -0.3 is 19.5 Å². The third-order valence-corrected chi connectivity index (χ3v) is 2.62. The van der Waals surface area contributed by atoms with Crippen LogP contribution in [0.4, 0.5) is 0 Å². The number of benzene rings is 1. The Bertz CT molecular complexity index is 396. The minimum absolute atomic E-state index is 0.584. The fourth-order valence-corrected chi connectivity index (χ4v) is 1.65. The van der Waals surface area contributed by atoms with Crippen LogP contribution in [0.2, 0.25) is 0 Å². The van der Waals surface area contributed by atoms with Crippen LogP contribution in [0.3, 0.4) is 0 Å². The van der Waals surface area contributed by atoms with Gasteiger partial charge in [-0.05, 0) is 24.1 Å². The lowest BCUT2D eigenvalue weighted by molar-refractivity contribution is -0.109. The van der Waals surface area contributed by atoms with Gasteiger partial charge in [-0.1, -0.05) is 26.3 Å². The van der Waals surface area contributed by atoms with Crippen molar-refractivity contribution in [3.63, 3.8) is 0 Å². The van der Waals surface area contributed by atoms with E-state index in [0.717, 1.165) is 24.2 Å². The molecule has 1 rings (SSSR count). The number of amides is 1. The molecule has 126 valence electrons. The molecule has 0 radical (unpaired) electrons. The molecule has 1 aromatic rings. The summed E-state index contributed by atoms with van der Waals surface area (Å²) < 4.78 is 15.9. The van der Waals surface area contributed by atoms with E-state index < -0.39 is 0 Å². The molecule has 0 fully saturated rings. The summed E-state index contributed by atoms with van der Waals surface area (Å²) in [4.78, 5) is 10.2. The number of hydrogen-bond donors (Lipinski definition) is 1. The van der Waals surface area contributed by atoms with E-state index in [4.69, 9.17) is 14.2 Å². The standard InChI is InChI=1S/C14H21NO4.C3H8/c1-17-8-3-9-19-14-10-12(6-7-15-11-16)4-5-13(14)18-2;1-3-2/h4-5,10-11H,3,6-9H2,1-2H3,(H,15,16);3H2,1-2H3. The van der Waals surface area contributed by atoms with E-state index in [0.29, 0.717) is 31.9 Å². The summed E-state index contributed by atoms with van der Waals surface area (Å²) in [5, 5.41) is 2.64. The number of rotatable bonds is 10. The third-order valence-electron chi connectivity index (χ3n) is 2.62. The Morgan fingerprint density at radius 3 is 2.45 bits per heavy atom. The maximum Gasteiger partial charge on any atom is 0.207 e. The molecule has 1 amide bonds. The van der Waals surface area contributed by atoms with Crippen LogP contribution in [0, 0.1) is 0 Å². The molecule has 0 aliphatic heterocycles. The van der Waals surface area contributed by atoms with Gasteiger partial charge in [-0.25, -0.2) is 0 Å². The summed E-state index contributed by atoms with van der Waals surface area (Å²) in [5.74, 6) is 1.44. The van der Waals surface area contributed by atoms with E-state index in [9.17, 15) is 4.79 Å². The highest BCUT2D eigenvalue weighted by molar-refractivity contribution is 5.46. The second-order valence-electron chi connectivity index (χ2n) is 4.71. The Labute approximate surface area is 134 Å². The number of nitrogens with one attached hydrogen (secondary N) is 1. The largest absolute Gasteiger partial charge is 0.493 e. The zero-order chi connectivity index (χ0) is 16.6. The van der Waals surface area contributed by atoms with Crippen molar-refractivity contribution in [2.24, 2.45) is 0 Å². The molecule has 0 heterocycles. The maximum atomic E-state index is 10.2. The van der Waals surface area contributed by atoms with Crippen molar-refractivity contribution in [1.29, 1.82) is 0 Å². The molecule has 0 saturated heterocycles. The fraction of sp³-hybridized carbons (Fsp3) is 0.588. The average Bonchev–Trinajstić information content (AvgIpc) is 2.53. The van der Waals surface area contributed by atoms with Gasteiger partial charge in [0.15, 0.2) is 11.5 Å². The highest BCUT2D eigenvalue weighted by Crippen LogP contribution is 2.28. The number of carbonyl (C=O) groups is 1. The molecule has 0 bridgehead atoms. The Morgan fingerprint density at radius 1 is 1.14 bits per heavy atom. The molecule has 0 aliphatic rings. The lowest BCUT2D eigenvalue weighted by atomic mass is 10.1. The summed E-state index contributed by atoms with van der Waals surface area (Å²) in [5.41, 5.74) is 1.09. The number of hydrogen-bond acceptors (Lipinski definition) is 4. The number of carbonyl (C=O) groups excluding carboxylic acids is 1. The Morgan fingerprint density at radius 2 is 1.86 bits per heavy atom. The van der Waals surface area contributed by atoms with Gasteiger partial charge in [-0.15, -0.1) is 0 Å². The first-order chi connectivity index (χ1) is 10.7. The average molecular weight is 311 g/mol. The molecule has 22 heavy (non-hydrogen) atoms. The summed E-state index contributed by atoms with van der Waals surface area (Å²) in [6.07, 6.45) is 3.54. The van der Waals surface area contributed by atoms with Crippen LogP contribution in [0.25, 0.3) is 0 Å². The number of methoxy groups -OCH3 is 2. The predicted molar refractivity (Wildman–Crippen MR) is 88.7 cm³/mol. The van der Waals surface area contributed by atoms with Crippen LogP contribution in [0.15, 0.2) is 18.2 Å². The first-order valence-electron chi connectivity index (χ1n) is 7.69. The van der Waals surface area contributed by atoms with E-state index in [-0.39, 0.29) is 0 Å². The van der Waals surface area contributed by atoms with E-state index in [1.54, 1.807) is 14.2 Å². The second kappa shape index (κ2) is 14.2. The van der Waals surface area contributed by atoms with Gasteiger partial charge in [-0.2, -0.15) is 0 Å². The molecule has 0 aliphatic carbocycles. The summed E-state index contributed by atoms with van der Waals surface area (Å²) in [7, 11) is 3.28. The van der Waals surface area contributed by atoms with Gasteiger partial charge in [0, 0.05) is 26.7 Å². The SMILES string of the molecule is CCC.COCCCOc1cc(CCNC=O)ccc1OC. The third kappa shape index (κ3) is 9.23. The molecule has 1 N–H and O–H groups in total. The van der Waals surface area contributed by atoms with Gasteiger partial charge in [0.2, 0.25) is 6.41 Å². The molecule has 0 saturated carbocycles. The van der Waals surface area contributed by atoms with Crippen LogP contribution in [0.5, 0.6) is 11.5 Å². The highest BCUT2D eigenvalue weighted by atomic mass is 16.5. The van der Waals surface area contributed by atoms with Gasteiger partial charge in [0.05, 0.1) is 13.7 Å². The minimum Gasteiger partial charge on any atom is -0.493 e. The molecule has 0 spiro atoms. The molecule has 0 unspecified atom stereocenters. The Balaban J connectivity index is 0.00000135. The quantitative estimate of drug-likeness (QED) is 0.533.